The lowest BCUT2D eigenvalue weighted by molar-refractivity contribution is 0.732. The second-order valence-electron chi connectivity index (χ2n) is 3.23. The molecule has 0 N–H and O–H groups in total. The van der Waals surface area contributed by atoms with Gasteiger partial charge in [0.05, 0.1) is 0 Å². The molecule has 0 spiro atoms. The highest BCUT2D eigenvalue weighted by Gasteiger charge is 2.11. The molecule has 0 fully saturated rings. The van der Waals surface area contributed by atoms with E-state index in [-0.39, 0.29) is 0 Å². The fourth-order valence-corrected chi connectivity index (χ4v) is 1.25. The molecule has 1 aromatic heterocycles. The SMILES string of the molecule is Cc1ccc(C(C)C(C)Br)nc1. The molecule has 0 saturated heterocycles. The van der Waals surface area contributed by atoms with Crippen molar-refractivity contribution in [1.29, 1.82) is 0 Å². The van der Waals surface area contributed by atoms with E-state index in [0.29, 0.717) is 10.7 Å². The Morgan fingerprint density at radius 2 is 2.00 bits per heavy atom. The third-order valence-corrected chi connectivity index (χ3v) is 2.88. The van der Waals surface area contributed by atoms with E-state index >= 15 is 0 Å². The van der Waals surface area contributed by atoms with Gasteiger partial charge in [0.1, 0.15) is 0 Å². The number of rotatable bonds is 2. The Labute approximate surface area is 82.3 Å². The molecule has 2 unspecified atom stereocenters. The molecule has 0 radical (unpaired) electrons. The van der Waals surface area contributed by atoms with E-state index < -0.39 is 0 Å². The van der Waals surface area contributed by atoms with Gasteiger partial charge in [0, 0.05) is 22.6 Å². The average molecular weight is 228 g/mol. The summed E-state index contributed by atoms with van der Waals surface area (Å²) in [5, 5.41) is 0. The Kier molecular flexibility index (Phi) is 3.27. The Morgan fingerprint density at radius 1 is 1.33 bits per heavy atom. The summed E-state index contributed by atoms with van der Waals surface area (Å²) in [6, 6.07) is 4.20. The van der Waals surface area contributed by atoms with Crippen LogP contribution in [0.2, 0.25) is 0 Å². The molecule has 0 amide bonds. The number of hydrogen-bond donors (Lipinski definition) is 0. The number of pyridine rings is 1. The first kappa shape index (κ1) is 9.72. The van der Waals surface area contributed by atoms with Crippen molar-refractivity contribution in [1.82, 2.24) is 4.98 Å². The van der Waals surface area contributed by atoms with Crippen molar-refractivity contribution in [3.63, 3.8) is 0 Å². The second kappa shape index (κ2) is 4.04. The smallest absolute Gasteiger partial charge is 0.0442 e. The van der Waals surface area contributed by atoms with E-state index in [1.807, 2.05) is 6.20 Å². The van der Waals surface area contributed by atoms with Crippen molar-refractivity contribution in [3.8, 4) is 0 Å². The third kappa shape index (κ3) is 2.31. The summed E-state index contributed by atoms with van der Waals surface area (Å²) in [6.45, 7) is 6.38. The van der Waals surface area contributed by atoms with E-state index in [1.165, 1.54) is 5.56 Å². The minimum atomic E-state index is 0.477. The molecule has 0 aliphatic rings. The van der Waals surface area contributed by atoms with Crippen LogP contribution in [0.3, 0.4) is 0 Å². The van der Waals surface area contributed by atoms with Gasteiger partial charge in [-0.1, -0.05) is 35.8 Å². The quantitative estimate of drug-likeness (QED) is 0.708. The second-order valence-corrected chi connectivity index (χ2v) is 4.67. The first-order valence-electron chi connectivity index (χ1n) is 4.18. The Hall–Kier alpha value is -0.370. The van der Waals surface area contributed by atoms with Crippen LogP contribution < -0.4 is 0 Å². The zero-order valence-electron chi connectivity index (χ0n) is 7.71. The van der Waals surface area contributed by atoms with Crippen LogP contribution in [0.1, 0.15) is 31.0 Å². The Morgan fingerprint density at radius 3 is 2.42 bits per heavy atom. The molecular weight excluding hydrogens is 214 g/mol. The van der Waals surface area contributed by atoms with Gasteiger partial charge in [-0.3, -0.25) is 4.98 Å². The zero-order valence-corrected chi connectivity index (χ0v) is 9.30. The van der Waals surface area contributed by atoms with Gasteiger partial charge in [-0.05, 0) is 18.6 Å². The topological polar surface area (TPSA) is 12.9 Å². The molecular formula is C10H14BrN. The summed E-state index contributed by atoms with van der Waals surface area (Å²) in [5.74, 6) is 0.477. The molecule has 0 aromatic carbocycles. The minimum Gasteiger partial charge on any atom is -0.261 e. The van der Waals surface area contributed by atoms with Gasteiger partial charge in [-0.15, -0.1) is 0 Å². The fourth-order valence-electron chi connectivity index (χ4n) is 0.984. The molecule has 0 aliphatic heterocycles. The first-order valence-corrected chi connectivity index (χ1v) is 5.09. The average Bonchev–Trinajstić information content (AvgIpc) is 2.04. The van der Waals surface area contributed by atoms with Crippen molar-refractivity contribution >= 4 is 15.9 Å². The molecule has 1 heterocycles. The lowest BCUT2D eigenvalue weighted by atomic mass is 10.0. The zero-order chi connectivity index (χ0) is 9.14. The summed E-state index contributed by atoms with van der Waals surface area (Å²) in [5.41, 5.74) is 2.37. The maximum Gasteiger partial charge on any atom is 0.0442 e. The molecule has 0 bridgehead atoms. The lowest BCUT2D eigenvalue weighted by Gasteiger charge is -2.12. The van der Waals surface area contributed by atoms with E-state index in [1.54, 1.807) is 0 Å². The van der Waals surface area contributed by atoms with Crippen LogP contribution in [0.15, 0.2) is 18.3 Å². The normalized spacial score (nSPS) is 15.7. The van der Waals surface area contributed by atoms with Gasteiger partial charge in [0.15, 0.2) is 0 Å². The Bertz CT molecular complexity index is 241. The van der Waals surface area contributed by atoms with E-state index in [4.69, 9.17) is 0 Å². The highest BCUT2D eigenvalue weighted by atomic mass is 79.9. The van der Waals surface area contributed by atoms with Crippen molar-refractivity contribution in [2.24, 2.45) is 0 Å². The number of hydrogen-bond acceptors (Lipinski definition) is 1. The monoisotopic (exact) mass is 227 g/mol. The standard InChI is InChI=1S/C10H14BrN/c1-7-4-5-10(12-6-7)8(2)9(3)11/h4-6,8-9H,1-3H3. The van der Waals surface area contributed by atoms with Crippen LogP contribution in [-0.4, -0.2) is 9.81 Å². The number of alkyl halides is 1. The van der Waals surface area contributed by atoms with E-state index in [9.17, 15) is 0 Å². The molecule has 1 nitrogen and oxygen atoms in total. The molecule has 2 heteroatoms. The van der Waals surface area contributed by atoms with Crippen LogP contribution >= 0.6 is 15.9 Å². The van der Waals surface area contributed by atoms with E-state index in [0.717, 1.165) is 5.69 Å². The molecule has 0 saturated carbocycles. The van der Waals surface area contributed by atoms with Crippen LogP contribution in [-0.2, 0) is 0 Å². The van der Waals surface area contributed by atoms with Crippen molar-refractivity contribution < 1.29 is 0 Å². The van der Waals surface area contributed by atoms with Crippen molar-refractivity contribution in [2.75, 3.05) is 0 Å². The van der Waals surface area contributed by atoms with Gasteiger partial charge in [0.2, 0.25) is 0 Å². The predicted octanol–water partition coefficient (Wildman–Crippen LogP) is 3.28. The van der Waals surface area contributed by atoms with Gasteiger partial charge in [-0.25, -0.2) is 0 Å². The van der Waals surface area contributed by atoms with Gasteiger partial charge in [-0.2, -0.15) is 0 Å². The summed E-state index contributed by atoms with van der Waals surface area (Å²) in [4.78, 5) is 4.85. The van der Waals surface area contributed by atoms with Crippen LogP contribution in [0, 0.1) is 6.92 Å². The van der Waals surface area contributed by atoms with Gasteiger partial charge in [0.25, 0.3) is 0 Å². The summed E-state index contributed by atoms with van der Waals surface area (Å²) < 4.78 is 0. The fraction of sp³-hybridized carbons (Fsp3) is 0.500. The summed E-state index contributed by atoms with van der Waals surface area (Å²) >= 11 is 3.55. The maximum absolute atomic E-state index is 4.37. The first-order chi connectivity index (χ1) is 5.61. The molecule has 2 atom stereocenters. The van der Waals surface area contributed by atoms with E-state index in [2.05, 4.69) is 53.8 Å². The van der Waals surface area contributed by atoms with Crippen LogP contribution in [0.4, 0.5) is 0 Å². The highest BCUT2D eigenvalue weighted by molar-refractivity contribution is 9.09. The molecule has 12 heavy (non-hydrogen) atoms. The summed E-state index contributed by atoms with van der Waals surface area (Å²) in [6.07, 6.45) is 1.92. The van der Waals surface area contributed by atoms with Crippen LogP contribution in [0.5, 0.6) is 0 Å². The minimum absolute atomic E-state index is 0.477. The number of aryl methyl sites for hydroxylation is 1. The van der Waals surface area contributed by atoms with Crippen molar-refractivity contribution in [3.05, 3.63) is 29.6 Å². The lowest BCUT2D eigenvalue weighted by Crippen LogP contribution is -2.06. The number of aromatic nitrogens is 1. The van der Waals surface area contributed by atoms with Crippen LogP contribution in [0.25, 0.3) is 0 Å². The molecule has 1 aromatic rings. The third-order valence-electron chi connectivity index (χ3n) is 2.09. The molecule has 0 aliphatic carbocycles. The largest absolute Gasteiger partial charge is 0.261 e. The van der Waals surface area contributed by atoms with Gasteiger partial charge >= 0.3 is 0 Å². The number of halogens is 1. The predicted molar refractivity (Wildman–Crippen MR) is 55.8 cm³/mol. The number of nitrogens with zero attached hydrogens (tertiary/aromatic N) is 1. The summed E-state index contributed by atoms with van der Waals surface area (Å²) in [7, 11) is 0. The van der Waals surface area contributed by atoms with Gasteiger partial charge < -0.3 is 0 Å². The maximum atomic E-state index is 4.37. The molecule has 66 valence electrons. The highest BCUT2D eigenvalue weighted by Crippen LogP contribution is 2.22. The molecule has 1 rings (SSSR count). The Balaban J connectivity index is 2.82. The van der Waals surface area contributed by atoms with Crippen molar-refractivity contribution in [2.45, 2.75) is 31.5 Å².